The summed E-state index contributed by atoms with van der Waals surface area (Å²) in [7, 11) is 0. The molecule has 0 aromatic heterocycles. The second kappa shape index (κ2) is 9.89. The number of ether oxygens (including phenoxy) is 4. The van der Waals surface area contributed by atoms with E-state index in [9.17, 15) is 48.9 Å². The monoisotopic (exact) mass is 672 g/mol. The molecule has 7 aliphatic rings. The van der Waals surface area contributed by atoms with Gasteiger partial charge < -0.3 is 34.3 Å². The number of rotatable bonds is 4. The van der Waals surface area contributed by atoms with Gasteiger partial charge >= 0.3 is 17.9 Å². The summed E-state index contributed by atoms with van der Waals surface area (Å²) in [5.74, 6) is -15.3. The smallest absolute Gasteiger partial charge is 0.343 e. The fraction of sp³-hybridized carbons (Fsp3) is 0.735. The molecular formula is C34H40O14. The van der Waals surface area contributed by atoms with Crippen LogP contribution in [0.1, 0.15) is 54.9 Å². The Morgan fingerprint density at radius 3 is 1.94 bits per heavy atom. The Morgan fingerprint density at radius 2 is 1.38 bits per heavy atom. The predicted octanol–water partition coefficient (Wildman–Crippen LogP) is -0.383. The molecule has 17 unspecified atom stereocenters. The van der Waals surface area contributed by atoms with Gasteiger partial charge in [-0.1, -0.05) is 6.92 Å². The minimum absolute atomic E-state index is 0.0503. The van der Waals surface area contributed by atoms with Crippen LogP contribution in [0, 0.1) is 57.7 Å². The normalized spacial score (nSPS) is 52.7. The number of hydrogen-bond donors (Lipinski definition) is 3. The summed E-state index contributed by atoms with van der Waals surface area (Å²) < 4.78 is 23.0. The number of esters is 3. The molecule has 3 N–H and O–H groups in total. The summed E-state index contributed by atoms with van der Waals surface area (Å²) in [4.78, 5) is 96.3. The number of carbonyl (C=O) groups excluding carboxylic acids is 7. The SMILES string of the molecule is CC(=O)OC1C(O)C2(C(C)=O)C(C(OC(C)=O)C3C2C(C)C=C2OC(=O)C(C)(O)C23C)C2C(=O)C(=O)C3CC4OC4C(O)C3(C(C)=O)C12. The fourth-order valence-corrected chi connectivity index (χ4v) is 11.8. The molecule has 48 heavy (non-hydrogen) atoms. The molecular weight excluding hydrogens is 632 g/mol. The van der Waals surface area contributed by atoms with Gasteiger partial charge in [0.2, 0.25) is 11.6 Å². The first-order chi connectivity index (χ1) is 22.2. The molecule has 0 bridgehead atoms. The summed E-state index contributed by atoms with van der Waals surface area (Å²) in [6, 6.07) is 0. The lowest BCUT2D eigenvalue weighted by atomic mass is 9.39. The van der Waals surface area contributed by atoms with Gasteiger partial charge in [0, 0.05) is 43.4 Å². The minimum atomic E-state index is -2.25. The van der Waals surface area contributed by atoms with Crippen LogP contribution in [0.15, 0.2) is 11.8 Å². The highest BCUT2D eigenvalue weighted by Crippen LogP contribution is 2.75. The van der Waals surface area contributed by atoms with Gasteiger partial charge in [0.25, 0.3) is 0 Å². The molecule has 0 aromatic rings. The molecule has 5 aliphatic carbocycles. The van der Waals surface area contributed by atoms with Gasteiger partial charge in [-0.2, -0.15) is 0 Å². The van der Waals surface area contributed by atoms with Crippen molar-refractivity contribution in [2.75, 3.05) is 0 Å². The first-order valence-corrected chi connectivity index (χ1v) is 16.4. The van der Waals surface area contributed by atoms with Gasteiger partial charge in [-0.15, -0.1) is 0 Å². The zero-order valence-corrected chi connectivity index (χ0v) is 27.6. The van der Waals surface area contributed by atoms with Gasteiger partial charge in [-0.25, -0.2) is 4.79 Å². The standard InChI is InChI=1S/C34H40O14/c1-10-8-17-31(6,32(7,44)30(43)48-17)22-19(10)34(12(3)36)20(26(22)45-13(4)37)18-21(27(29(34)42)46-14(5)38)33(11(2)35)15(23(39)24(18)40)9-16-25(47-16)28(33)41/h8,10,15-16,18-22,25-29,41-42,44H,9H2,1-7H3. The number of fused-ring (bicyclic) bond motifs is 10. The molecule has 0 spiro atoms. The quantitative estimate of drug-likeness (QED) is 0.150. The molecule has 0 amide bonds. The molecule has 14 heteroatoms. The van der Waals surface area contributed by atoms with Crippen molar-refractivity contribution >= 4 is 41.0 Å². The third kappa shape index (κ3) is 3.49. The molecule has 0 radical (unpaired) electrons. The summed E-state index contributed by atoms with van der Waals surface area (Å²) in [6.07, 6.45) is -6.91. The van der Waals surface area contributed by atoms with Crippen LogP contribution in [0.4, 0.5) is 0 Å². The van der Waals surface area contributed by atoms with Crippen molar-refractivity contribution in [3.8, 4) is 0 Å². The van der Waals surface area contributed by atoms with Crippen molar-refractivity contribution in [3.63, 3.8) is 0 Å². The largest absolute Gasteiger partial charge is 0.462 e. The van der Waals surface area contributed by atoms with E-state index in [2.05, 4.69) is 0 Å². The van der Waals surface area contributed by atoms with E-state index in [0.29, 0.717) is 0 Å². The number of allylic oxidation sites excluding steroid dienone is 1. The lowest BCUT2D eigenvalue weighted by Gasteiger charge is -2.63. The van der Waals surface area contributed by atoms with Crippen molar-refractivity contribution in [2.24, 2.45) is 57.7 Å². The number of carbonyl (C=O) groups is 7. The van der Waals surface area contributed by atoms with Gasteiger partial charge in [-0.3, -0.25) is 28.8 Å². The first kappa shape index (κ1) is 33.2. The minimum Gasteiger partial charge on any atom is -0.462 e. The van der Waals surface area contributed by atoms with Crippen molar-refractivity contribution < 1.29 is 67.8 Å². The molecule has 17 atom stereocenters. The van der Waals surface area contributed by atoms with Gasteiger partial charge in [0.15, 0.2) is 5.60 Å². The van der Waals surface area contributed by atoms with E-state index >= 15 is 0 Å². The average Bonchev–Trinajstić information content (AvgIpc) is 3.66. The zero-order valence-electron chi connectivity index (χ0n) is 27.6. The second-order valence-corrected chi connectivity index (χ2v) is 15.4. The number of aliphatic hydroxyl groups excluding tert-OH is 2. The van der Waals surface area contributed by atoms with Crippen molar-refractivity contribution in [1.29, 1.82) is 0 Å². The van der Waals surface area contributed by atoms with Crippen LogP contribution in [0.25, 0.3) is 0 Å². The summed E-state index contributed by atoms with van der Waals surface area (Å²) in [5, 5.41) is 36.4. The predicted molar refractivity (Wildman–Crippen MR) is 156 cm³/mol. The highest BCUT2D eigenvalue weighted by molar-refractivity contribution is 6.40. The first-order valence-electron chi connectivity index (χ1n) is 16.4. The topological polar surface area (TPSA) is 220 Å². The highest BCUT2D eigenvalue weighted by atomic mass is 16.6. The van der Waals surface area contributed by atoms with Crippen LogP contribution in [-0.4, -0.2) is 98.6 Å². The molecule has 2 saturated heterocycles. The molecule has 0 aromatic carbocycles. The van der Waals surface area contributed by atoms with E-state index in [0.717, 1.165) is 20.8 Å². The molecule has 260 valence electrons. The highest BCUT2D eigenvalue weighted by Gasteiger charge is 2.86. The molecule has 7 rings (SSSR count). The van der Waals surface area contributed by atoms with Crippen LogP contribution in [0.5, 0.6) is 0 Å². The maximum atomic E-state index is 14.7. The maximum absolute atomic E-state index is 14.7. The lowest BCUT2D eigenvalue weighted by molar-refractivity contribution is -0.245. The van der Waals surface area contributed by atoms with Crippen LogP contribution in [0.2, 0.25) is 0 Å². The van der Waals surface area contributed by atoms with Crippen molar-refractivity contribution in [3.05, 3.63) is 11.8 Å². The van der Waals surface area contributed by atoms with Crippen LogP contribution in [0.3, 0.4) is 0 Å². The third-order valence-corrected chi connectivity index (χ3v) is 13.6. The van der Waals surface area contributed by atoms with Gasteiger partial charge in [-0.05, 0) is 52.0 Å². The van der Waals surface area contributed by atoms with Crippen LogP contribution >= 0.6 is 0 Å². The van der Waals surface area contributed by atoms with E-state index < -0.39 is 141 Å². The van der Waals surface area contributed by atoms with Crippen LogP contribution < -0.4 is 0 Å². The Kier molecular flexibility index (Phi) is 6.84. The summed E-state index contributed by atoms with van der Waals surface area (Å²) in [5.41, 5.74) is -8.13. The number of epoxide rings is 1. The molecule has 2 heterocycles. The summed E-state index contributed by atoms with van der Waals surface area (Å²) in [6.45, 7) is 8.89. The number of aliphatic hydroxyl groups is 3. The molecule has 4 saturated carbocycles. The number of ketones is 4. The Balaban J connectivity index is 1.57. The van der Waals surface area contributed by atoms with E-state index in [4.69, 9.17) is 18.9 Å². The van der Waals surface area contributed by atoms with E-state index in [1.807, 2.05) is 0 Å². The van der Waals surface area contributed by atoms with E-state index in [1.165, 1.54) is 20.8 Å². The van der Waals surface area contributed by atoms with Crippen LogP contribution in [-0.2, 0) is 52.5 Å². The Morgan fingerprint density at radius 1 is 0.812 bits per heavy atom. The summed E-state index contributed by atoms with van der Waals surface area (Å²) >= 11 is 0. The van der Waals surface area contributed by atoms with E-state index in [1.54, 1.807) is 13.0 Å². The second-order valence-electron chi connectivity index (χ2n) is 15.4. The maximum Gasteiger partial charge on any atom is 0.343 e. The molecule has 14 nitrogen and oxygen atoms in total. The fourth-order valence-electron chi connectivity index (χ4n) is 11.8. The number of Topliss-reactive ketones (excluding diaryl/α,β-unsaturated/α-hetero) is 4. The molecule has 6 fully saturated rings. The lowest BCUT2D eigenvalue weighted by Crippen LogP contribution is -2.76. The number of hydrogen-bond acceptors (Lipinski definition) is 14. The molecule has 2 aliphatic heterocycles. The Labute approximate surface area is 275 Å². The Bertz CT molecular complexity index is 1630. The average molecular weight is 673 g/mol. The third-order valence-electron chi connectivity index (χ3n) is 13.6. The van der Waals surface area contributed by atoms with E-state index in [-0.39, 0.29) is 12.2 Å². The Hall–Kier alpha value is -3.33. The van der Waals surface area contributed by atoms with Crippen molar-refractivity contribution in [1.82, 2.24) is 0 Å². The van der Waals surface area contributed by atoms with Crippen molar-refractivity contribution in [2.45, 2.75) is 97.1 Å². The van der Waals surface area contributed by atoms with Gasteiger partial charge in [0.1, 0.15) is 41.7 Å². The zero-order chi connectivity index (χ0) is 35.4. The van der Waals surface area contributed by atoms with Gasteiger partial charge in [0.05, 0.1) is 28.5 Å².